The highest BCUT2D eigenvalue weighted by Crippen LogP contribution is 2.27. The molecule has 2 N–H and O–H groups in total. The standard InChI is InChI=1S/C13H10BrClFNO3S/c14-10-6-9(2-3-11(10)15)17-21(19,20)13-5-8(7-18)1-4-12(13)16/h1-6,17-18H,7H2. The molecule has 2 aromatic rings. The van der Waals surface area contributed by atoms with Gasteiger partial charge in [0.1, 0.15) is 10.7 Å². The Bertz CT molecular complexity index is 783. The van der Waals surface area contributed by atoms with Crippen LogP contribution in [-0.4, -0.2) is 13.5 Å². The highest BCUT2D eigenvalue weighted by molar-refractivity contribution is 9.10. The molecule has 0 aliphatic heterocycles. The maximum absolute atomic E-state index is 13.7. The molecule has 8 heteroatoms. The number of halogens is 3. The molecule has 0 spiro atoms. The summed E-state index contributed by atoms with van der Waals surface area (Å²) in [6, 6.07) is 7.82. The Hall–Kier alpha value is -1.15. The van der Waals surface area contributed by atoms with Crippen LogP contribution in [0, 0.1) is 5.82 Å². The fraction of sp³-hybridized carbons (Fsp3) is 0.0769. The highest BCUT2D eigenvalue weighted by Gasteiger charge is 2.20. The lowest BCUT2D eigenvalue weighted by atomic mass is 10.2. The van der Waals surface area contributed by atoms with Crippen LogP contribution < -0.4 is 4.72 Å². The number of hydrogen-bond donors (Lipinski definition) is 2. The van der Waals surface area contributed by atoms with Crippen LogP contribution in [0.25, 0.3) is 0 Å². The van der Waals surface area contributed by atoms with E-state index in [1.54, 1.807) is 0 Å². The smallest absolute Gasteiger partial charge is 0.264 e. The third-order valence-corrected chi connectivity index (χ3v) is 5.25. The van der Waals surface area contributed by atoms with Crippen molar-refractivity contribution in [3.8, 4) is 0 Å². The van der Waals surface area contributed by atoms with Gasteiger partial charge in [-0.2, -0.15) is 0 Å². The molecule has 2 aromatic carbocycles. The van der Waals surface area contributed by atoms with Crippen LogP contribution in [-0.2, 0) is 16.6 Å². The van der Waals surface area contributed by atoms with Crippen molar-refractivity contribution in [1.82, 2.24) is 0 Å². The van der Waals surface area contributed by atoms with E-state index in [1.165, 1.54) is 24.3 Å². The van der Waals surface area contributed by atoms with Crippen LogP contribution in [0.1, 0.15) is 5.56 Å². The molecule has 0 amide bonds. The third-order valence-electron chi connectivity index (χ3n) is 2.64. The Labute approximate surface area is 134 Å². The van der Waals surface area contributed by atoms with Crippen LogP contribution in [0.15, 0.2) is 45.8 Å². The first-order chi connectivity index (χ1) is 9.83. The van der Waals surface area contributed by atoms with E-state index in [1.807, 2.05) is 0 Å². The summed E-state index contributed by atoms with van der Waals surface area (Å²) in [5.41, 5.74) is 0.536. The van der Waals surface area contributed by atoms with Crippen molar-refractivity contribution < 1.29 is 17.9 Å². The molecule has 0 saturated carbocycles. The van der Waals surface area contributed by atoms with Crippen molar-refractivity contribution in [2.45, 2.75) is 11.5 Å². The van der Waals surface area contributed by atoms with Gasteiger partial charge < -0.3 is 5.11 Å². The maximum atomic E-state index is 13.7. The highest BCUT2D eigenvalue weighted by atomic mass is 79.9. The van der Waals surface area contributed by atoms with E-state index in [4.69, 9.17) is 16.7 Å². The summed E-state index contributed by atoms with van der Waals surface area (Å²) in [7, 11) is -4.11. The number of aliphatic hydroxyl groups is 1. The van der Waals surface area contributed by atoms with Crippen LogP contribution in [0.3, 0.4) is 0 Å². The minimum absolute atomic E-state index is 0.236. The van der Waals surface area contributed by atoms with Crippen LogP contribution in [0.5, 0.6) is 0 Å². The fourth-order valence-corrected chi connectivity index (χ4v) is 3.30. The molecule has 0 fully saturated rings. The zero-order chi connectivity index (χ0) is 15.6. The molecule has 21 heavy (non-hydrogen) atoms. The van der Waals surface area contributed by atoms with Gasteiger partial charge in [0.05, 0.1) is 17.3 Å². The molecule has 0 atom stereocenters. The summed E-state index contributed by atoms with van der Waals surface area (Å²) in [5.74, 6) is -0.896. The lowest BCUT2D eigenvalue weighted by Gasteiger charge is -2.10. The van der Waals surface area contributed by atoms with Gasteiger partial charge in [-0.1, -0.05) is 17.7 Å². The first-order valence-electron chi connectivity index (χ1n) is 5.70. The van der Waals surface area contributed by atoms with Gasteiger partial charge in [0.15, 0.2) is 0 Å². The molecule has 0 aromatic heterocycles. The van der Waals surface area contributed by atoms with E-state index in [0.29, 0.717) is 15.1 Å². The van der Waals surface area contributed by atoms with Gasteiger partial charge in [-0.05, 0) is 51.8 Å². The fourth-order valence-electron chi connectivity index (χ4n) is 1.62. The largest absolute Gasteiger partial charge is 0.392 e. The summed E-state index contributed by atoms with van der Waals surface area (Å²) in [4.78, 5) is -0.528. The predicted molar refractivity (Wildman–Crippen MR) is 82.3 cm³/mol. The quantitative estimate of drug-likeness (QED) is 0.833. The Morgan fingerprint density at radius 2 is 1.95 bits per heavy atom. The van der Waals surface area contributed by atoms with Crippen LogP contribution in [0.2, 0.25) is 5.02 Å². The second-order valence-electron chi connectivity index (χ2n) is 4.16. The molecule has 112 valence electrons. The molecule has 0 unspecified atom stereocenters. The minimum atomic E-state index is -4.11. The zero-order valence-corrected chi connectivity index (χ0v) is 13.6. The van der Waals surface area contributed by atoms with E-state index in [0.717, 1.165) is 12.1 Å². The molecule has 0 saturated heterocycles. The van der Waals surface area contributed by atoms with Crippen molar-refractivity contribution in [2.75, 3.05) is 4.72 Å². The van der Waals surface area contributed by atoms with Gasteiger partial charge in [-0.15, -0.1) is 0 Å². The minimum Gasteiger partial charge on any atom is -0.392 e. The number of aliphatic hydroxyl groups excluding tert-OH is 1. The monoisotopic (exact) mass is 393 g/mol. The van der Waals surface area contributed by atoms with Gasteiger partial charge >= 0.3 is 0 Å². The second kappa shape index (κ2) is 6.31. The first-order valence-corrected chi connectivity index (χ1v) is 8.36. The third kappa shape index (κ3) is 3.74. The van der Waals surface area contributed by atoms with E-state index >= 15 is 0 Å². The van der Waals surface area contributed by atoms with E-state index in [-0.39, 0.29) is 12.3 Å². The maximum Gasteiger partial charge on any atom is 0.264 e. The normalized spacial score (nSPS) is 11.4. The van der Waals surface area contributed by atoms with Gasteiger partial charge in [0, 0.05) is 4.47 Å². The number of nitrogens with one attached hydrogen (secondary N) is 1. The number of hydrogen-bond acceptors (Lipinski definition) is 3. The van der Waals surface area contributed by atoms with Crippen LogP contribution in [0.4, 0.5) is 10.1 Å². The Kier molecular flexibility index (Phi) is 4.88. The SMILES string of the molecule is O=S(=O)(Nc1ccc(Cl)c(Br)c1)c1cc(CO)ccc1F. The average molecular weight is 395 g/mol. The van der Waals surface area contributed by atoms with Gasteiger partial charge in [0.25, 0.3) is 10.0 Å². The average Bonchev–Trinajstić information content (AvgIpc) is 2.43. The van der Waals surface area contributed by atoms with Gasteiger partial charge in [-0.25, -0.2) is 12.8 Å². The van der Waals surface area contributed by atoms with Gasteiger partial charge in [-0.3, -0.25) is 4.72 Å². The lowest BCUT2D eigenvalue weighted by Crippen LogP contribution is -2.15. The summed E-state index contributed by atoms with van der Waals surface area (Å²) in [5, 5.41) is 9.44. The Morgan fingerprint density at radius 1 is 1.24 bits per heavy atom. The molecule has 4 nitrogen and oxygen atoms in total. The second-order valence-corrected chi connectivity index (χ2v) is 7.07. The van der Waals surface area contributed by atoms with E-state index in [2.05, 4.69) is 20.7 Å². The molecular formula is C13H10BrClFNO3S. The summed E-state index contributed by atoms with van der Waals surface area (Å²) in [6.45, 7) is -0.380. The number of benzene rings is 2. The Balaban J connectivity index is 2.40. The van der Waals surface area contributed by atoms with E-state index in [9.17, 15) is 12.8 Å². The van der Waals surface area contributed by atoms with E-state index < -0.39 is 20.7 Å². The molecule has 2 rings (SSSR count). The summed E-state index contributed by atoms with van der Waals surface area (Å²) >= 11 is 9.00. The molecule has 0 bridgehead atoms. The number of sulfonamides is 1. The van der Waals surface area contributed by atoms with Crippen molar-refractivity contribution >= 4 is 43.2 Å². The lowest BCUT2D eigenvalue weighted by molar-refractivity contribution is 0.281. The molecule has 0 radical (unpaired) electrons. The molecular weight excluding hydrogens is 385 g/mol. The van der Waals surface area contributed by atoms with Crippen molar-refractivity contribution in [1.29, 1.82) is 0 Å². The molecule has 0 heterocycles. The molecule has 0 aliphatic carbocycles. The topological polar surface area (TPSA) is 66.4 Å². The number of rotatable bonds is 4. The van der Waals surface area contributed by atoms with Crippen molar-refractivity contribution in [3.05, 3.63) is 57.3 Å². The predicted octanol–water partition coefficient (Wildman–Crippen LogP) is 3.53. The zero-order valence-electron chi connectivity index (χ0n) is 10.5. The number of anilines is 1. The summed E-state index contributed by atoms with van der Waals surface area (Å²) < 4.78 is 40.9. The van der Waals surface area contributed by atoms with Crippen molar-refractivity contribution in [3.63, 3.8) is 0 Å². The van der Waals surface area contributed by atoms with Gasteiger partial charge in [0.2, 0.25) is 0 Å². The van der Waals surface area contributed by atoms with Crippen molar-refractivity contribution in [2.24, 2.45) is 0 Å². The molecule has 0 aliphatic rings. The summed E-state index contributed by atoms with van der Waals surface area (Å²) in [6.07, 6.45) is 0. The Morgan fingerprint density at radius 3 is 2.57 bits per heavy atom. The first kappa shape index (κ1) is 16.2. The van der Waals surface area contributed by atoms with Crippen LogP contribution >= 0.6 is 27.5 Å².